The van der Waals surface area contributed by atoms with Crippen molar-refractivity contribution < 1.29 is 4.21 Å². The molecule has 1 heterocycles. The fourth-order valence-electron chi connectivity index (χ4n) is 0.989. The molecule has 0 radical (unpaired) electrons. The Labute approximate surface area is 82.2 Å². The molecule has 1 unspecified atom stereocenters. The Bertz CT molecular complexity index is 462. The zero-order valence-corrected chi connectivity index (χ0v) is 8.47. The van der Waals surface area contributed by atoms with Gasteiger partial charge in [0.25, 0.3) is 5.56 Å². The van der Waals surface area contributed by atoms with Crippen molar-refractivity contribution in [1.29, 1.82) is 0 Å². The first kappa shape index (κ1) is 10.7. The Morgan fingerprint density at radius 1 is 1.57 bits per heavy atom. The molecule has 0 aliphatic rings. The van der Waals surface area contributed by atoms with E-state index >= 15 is 0 Å². The normalized spacial score (nSPS) is 12.6. The molecule has 0 spiro atoms. The molecular weight excluding hydrogens is 206 g/mol. The molecule has 14 heavy (non-hydrogen) atoms. The number of hydrogen-bond donors (Lipinski definition) is 2. The van der Waals surface area contributed by atoms with Crippen LogP contribution in [-0.2, 0) is 17.3 Å². The predicted molar refractivity (Wildman–Crippen MR) is 54.7 cm³/mol. The van der Waals surface area contributed by atoms with E-state index < -0.39 is 22.0 Å². The average Bonchev–Trinajstić information content (AvgIpc) is 2.01. The van der Waals surface area contributed by atoms with Gasteiger partial charge in [0.15, 0.2) is 0 Å². The molecule has 1 aromatic heterocycles. The van der Waals surface area contributed by atoms with Crippen molar-refractivity contribution in [2.45, 2.75) is 6.54 Å². The van der Waals surface area contributed by atoms with E-state index in [9.17, 15) is 13.8 Å². The number of aromatic amines is 1. The molecule has 0 bridgehead atoms. The van der Waals surface area contributed by atoms with Crippen LogP contribution in [0.5, 0.6) is 0 Å². The summed E-state index contributed by atoms with van der Waals surface area (Å²) < 4.78 is 12.0. The zero-order valence-electron chi connectivity index (χ0n) is 7.65. The second-order valence-electron chi connectivity index (χ2n) is 2.79. The van der Waals surface area contributed by atoms with E-state index in [0.717, 1.165) is 6.07 Å². The summed E-state index contributed by atoms with van der Waals surface area (Å²) >= 11 is 0. The number of rotatable bonds is 3. The highest BCUT2D eigenvalue weighted by atomic mass is 32.2. The number of nitrogens with two attached hydrogens (primary N) is 1. The second-order valence-corrected chi connectivity index (χ2v) is 4.35. The highest BCUT2D eigenvalue weighted by molar-refractivity contribution is 7.84. The third kappa shape index (κ3) is 2.56. The molecule has 0 fully saturated rings. The van der Waals surface area contributed by atoms with Crippen molar-refractivity contribution in [2.24, 2.45) is 0 Å². The van der Waals surface area contributed by atoms with Gasteiger partial charge >= 0.3 is 5.69 Å². The molecule has 0 aliphatic heterocycles. The molecular formula is C7H11N3O3S. The maximum Gasteiger partial charge on any atom is 0.329 e. The molecule has 0 amide bonds. The number of nitrogens with zero attached hydrogens (tertiary/aromatic N) is 1. The third-order valence-electron chi connectivity index (χ3n) is 1.67. The number of nitrogen functional groups attached to an aromatic ring is 1. The van der Waals surface area contributed by atoms with Crippen molar-refractivity contribution in [3.8, 4) is 0 Å². The van der Waals surface area contributed by atoms with Gasteiger partial charge in [-0.1, -0.05) is 0 Å². The SMILES string of the molecule is CS(=O)CCn1c(N)cc(=O)[nH]c1=O. The summed E-state index contributed by atoms with van der Waals surface area (Å²) in [6, 6.07) is 1.12. The van der Waals surface area contributed by atoms with E-state index in [1.165, 1.54) is 10.8 Å². The lowest BCUT2D eigenvalue weighted by Crippen LogP contribution is -2.32. The number of hydrogen-bond acceptors (Lipinski definition) is 4. The van der Waals surface area contributed by atoms with Crippen molar-refractivity contribution in [2.75, 3.05) is 17.7 Å². The first-order valence-electron chi connectivity index (χ1n) is 3.90. The van der Waals surface area contributed by atoms with Gasteiger partial charge in [-0.2, -0.15) is 0 Å². The van der Waals surface area contributed by atoms with Crippen LogP contribution in [0, 0.1) is 0 Å². The Kier molecular flexibility index (Phi) is 3.23. The summed E-state index contributed by atoms with van der Waals surface area (Å²) in [5.74, 6) is 0.417. The molecule has 0 saturated carbocycles. The van der Waals surface area contributed by atoms with Gasteiger partial charge in [0.1, 0.15) is 5.82 Å². The first-order valence-corrected chi connectivity index (χ1v) is 5.63. The topological polar surface area (TPSA) is 97.9 Å². The van der Waals surface area contributed by atoms with Crippen LogP contribution in [0.3, 0.4) is 0 Å². The molecule has 0 saturated heterocycles. The van der Waals surface area contributed by atoms with Crippen LogP contribution in [0.2, 0.25) is 0 Å². The fraction of sp³-hybridized carbons (Fsp3) is 0.429. The Balaban J connectivity index is 3.03. The van der Waals surface area contributed by atoms with Crippen LogP contribution >= 0.6 is 0 Å². The van der Waals surface area contributed by atoms with Crippen molar-refractivity contribution >= 4 is 16.6 Å². The fourth-order valence-corrected chi connectivity index (χ4v) is 1.43. The van der Waals surface area contributed by atoms with Gasteiger partial charge in [0, 0.05) is 35.4 Å². The van der Waals surface area contributed by atoms with Gasteiger partial charge in [0.2, 0.25) is 0 Å². The van der Waals surface area contributed by atoms with Crippen LogP contribution in [-0.4, -0.2) is 25.8 Å². The lowest BCUT2D eigenvalue weighted by molar-refractivity contribution is 0.668. The van der Waals surface area contributed by atoms with Crippen LogP contribution < -0.4 is 17.0 Å². The summed E-state index contributed by atoms with van der Waals surface area (Å²) in [7, 11) is -0.995. The van der Waals surface area contributed by atoms with Crippen LogP contribution in [0.15, 0.2) is 15.7 Å². The molecule has 0 aliphatic carbocycles. The molecule has 6 nitrogen and oxygen atoms in total. The predicted octanol–water partition coefficient (Wildman–Crippen LogP) is -1.50. The van der Waals surface area contributed by atoms with E-state index in [1.807, 2.05) is 0 Å². The van der Waals surface area contributed by atoms with Crippen LogP contribution in [0.1, 0.15) is 0 Å². The monoisotopic (exact) mass is 217 g/mol. The summed E-state index contributed by atoms with van der Waals surface area (Å²) in [6.45, 7) is 0.241. The Hall–Kier alpha value is -1.37. The van der Waals surface area contributed by atoms with E-state index in [-0.39, 0.29) is 12.4 Å². The first-order chi connectivity index (χ1) is 6.50. The lowest BCUT2D eigenvalue weighted by atomic mass is 10.5. The maximum absolute atomic E-state index is 11.2. The Morgan fingerprint density at radius 3 is 2.71 bits per heavy atom. The van der Waals surface area contributed by atoms with Gasteiger partial charge in [-0.3, -0.25) is 18.6 Å². The van der Waals surface area contributed by atoms with Crippen LogP contribution in [0.25, 0.3) is 0 Å². The molecule has 1 rings (SSSR count). The number of aromatic nitrogens is 2. The molecule has 0 aromatic carbocycles. The van der Waals surface area contributed by atoms with E-state index in [2.05, 4.69) is 4.98 Å². The van der Waals surface area contributed by atoms with E-state index in [0.29, 0.717) is 5.75 Å². The second kappa shape index (κ2) is 4.23. The van der Waals surface area contributed by atoms with Gasteiger partial charge in [0.05, 0.1) is 0 Å². The molecule has 1 aromatic rings. The third-order valence-corrected chi connectivity index (χ3v) is 2.43. The number of H-pyrrole nitrogens is 1. The summed E-state index contributed by atoms with van der Waals surface area (Å²) in [4.78, 5) is 24.1. The number of nitrogens with one attached hydrogen (secondary N) is 1. The molecule has 3 N–H and O–H groups in total. The average molecular weight is 217 g/mol. The van der Waals surface area contributed by atoms with E-state index in [4.69, 9.17) is 5.73 Å². The summed E-state index contributed by atoms with van der Waals surface area (Å²) in [5.41, 5.74) is 4.36. The minimum absolute atomic E-state index is 0.0872. The van der Waals surface area contributed by atoms with E-state index in [1.54, 1.807) is 0 Å². The quantitative estimate of drug-likeness (QED) is 0.643. The van der Waals surface area contributed by atoms with Gasteiger partial charge in [-0.25, -0.2) is 4.79 Å². The minimum atomic E-state index is -0.995. The maximum atomic E-state index is 11.2. The highest BCUT2D eigenvalue weighted by Gasteiger charge is 2.02. The van der Waals surface area contributed by atoms with Crippen LogP contribution in [0.4, 0.5) is 5.82 Å². The zero-order chi connectivity index (χ0) is 10.7. The van der Waals surface area contributed by atoms with Crippen molar-refractivity contribution in [3.05, 3.63) is 26.9 Å². The number of anilines is 1. The molecule has 1 atom stereocenters. The summed E-state index contributed by atoms with van der Waals surface area (Å²) in [6.07, 6.45) is 1.53. The lowest BCUT2D eigenvalue weighted by Gasteiger charge is -2.06. The van der Waals surface area contributed by atoms with Crippen molar-refractivity contribution in [1.82, 2.24) is 9.55 Å². The minimum Gasteiger partial charge on any atom is -0.385 e. The highest BCUT2D eigenvalue weighted by Crippen LogP contribution is 1.92. The standard InChI is InChI=1S/C7H11N3O3S/c1-14(13)3-2-10-5(8)4-6(11)9-7(10)12/h4H,2-3,8H2,1H3,(H,9,11,12). The largest absolute Gasteiger partial charge is 0.385 e. The Morgan fingerprint density at radius 2 is 2.21 bits per heavy atom. The van der Waals surface area contributed by atoms with Gasteiger partial charge < -0.3 is 5.73 Å². The smallest absolute Gasteiger partial charge is 0.329 e. The summed E-state index contributed by atoms with van der Waals surface area (Å²) in [5, 5.41) is 0. The van der Waals surface area contributed by atoms with Crippen molar-refractivity contribution in [3.63, 3.8) is 0 Å². The van der Waals surface area contributed by atoms with Gasteiger partial charge in [-0.05, 0) is 0 Å². The molecule has 7 heteroatoms. The molecule has 78 valence electrons. The van der Waals surface area contributed by atoms with Gasteiger partial charge in [-0.15, -0.1) is 0 Å².